The molecule has 1 aromatic heterocycles. The Morgan fingerprint density at radius 2 is 1.75 bits per heavy atom. The third-order valence-corrected chi connectivity index (χ3v) is 3.54. The standard InChI is InChI=1S/C18H20ClN3O2/c1-12(2)9-10-20-17(23)15-7-4-8-16(22-15)18(24)21-14-6-3-5-13(19)11-14/h3-8,11-12H,9-10H2,1-2H3,(H,20,23)(H,21,24). The van der Waals surface area contributed by atoms with Gasteiger partial charge in [-0.3, -0.25) is 9.59 Å². The van der Waals surface area contributed by atoms with Crippen molar-refractivity contribution in [2.24, 2.45) is 5.92 Å². The van der Waals surface area contributed by atoms with Gasteiger partial charge in [0.2, 0.25) is 0 Å². The number of carbonyl (C=O) groups excluding carboxylic acids is 2. The molecule has 2 N–H and O–H groups in total. The third-order valence-electron chi connectivity index (χ3n) is 3.30. The number of halogens is 1. The Hall–Kier alpha value is -2.40. The van der Waals surface area contributed by atoms with Gasteiger partial charge < -0.3 is 10.6 Å². The smallest absolute Gasteiger partial charge is 0.274 e. The van der Waals surface area contributed by atoms with Crippen LogP contribution in [0.25, 0.3) is 0 Å². The molecule has 0 fully saturated rings. The molecule has 0 unspecified atom stereocenters. The molecule has 5 nitrogen and oxygen atoms in total. The second kappa shape index (κ2) is 8.45. The second-order valence-corrected chi connectivity index (χ2v) is 6.25. The topological polar surface area (TPSA) is 71.1 Å². The molecule has 0 aliphatic carbocycles. The molecule has 1 aromatic carbocycles. The van der Waals surface area contributed by atoms with E-state index in [1.807, 2.05) is 0 Å². The summed E-state index contributed by atoms with van der Waals surface area (Å²) < 4.78 is 0. The van der Waals surface area contributed by atoms with E-state index in [0.717, 1.165) is 6.42 Å². The summed E-state index contributed by atoms with van der Waals surface area (Å²) in [5.41, 5.74) is 0.963. The van der Waals surface area contributed by atoms with Crippen molar-refractivity contribution in [3.63, 3.8) is 0 Å². The van der Waals surface area contributed by atoms with Gasteiger partial charge in [-0.15, -0.1) is 0 Å². The van der Waals surface area contributed by atoms with Crippen molar-refractivity contribution in [3.05, 3.63) is 58.9 Å². The summed E-state index contributed by atoms with van der Waals surface area (Å²) in [6.45, 7) is 4.76. The average molecular weight is 346 g/mol. The van der Waals surface area contributed by atoms with Gasteiger partial charge in [0.15, 0.2) is 0 Å². The highest BCUT2D eigenvalue weighted by molar-refractivity contribution is 6.30. The van der Waals surface area contributed by atoms with Gasteiger partial charge in [0, 0.05) is 17.3 Å². The molecule has 0 saturated heterocycles. The molecule has 24 heavy (non-hydrogen) atoms. The number of pyridine rings is 1. The van der Waals surface area contributed by atoms with E-state index in [9.17, 15) is 9.59 Å². The van der Waals surface area contributed by atoms with E-state index in [4.69, 9.17) is 11.6 Å². The molecule has 0 aliphatic rings. The number of amides is 2. The van der Waals surface area contributed by atoms with Crippen LogP contribution in [-0.2, 0) is 0 Å². The number of hydrogen-bond donors (Lipinski definition) is 2. The Kier molecular flexibility index (Phi) is 6.32. The molecule has 0 radical (unpaired) electrons. The maximum absolute atomic E-state index is 12.3. The molecule has 0 saturated carbocycles. The Bertz CT molecular complexity index is 732. The van der Waals surface area contributed by atoms with Crippen LogP contribution in [0.1, 0.15) is 41.2 Å². The Labute approximate surface area is 146 Å². The lowest BCUT2D eigenvalue weighted by molar-refractivity contribution is 0.0947. The maximum Gasteiger partial charge on any atom is 0.274 e. The molecular weight excluding hydrogens is 326 g/mol. The van der Waals surface area contributed by atoms with Crippen LogP contribution in [0.2, 0.25) is 5.02 Å². The van der Waals surface area contributed by atoms with E-state index in [2.05, 4.69) is 29.5 Å². The fourth-order valence-corrected chi connectivity index (χ4v) is 2.20. The lowest BCUT2D eigenvalue weighted by Crippen LogP contribution is -2.27. The van der Waals surface area contributed by atoms with Crippen LogP contribution >= 0.6 is 11.6 Å². The lowest BCUT2D eigenvalue weighted by atomic mass is 10.1. The SMILES string of the molecule is CC(C)CCNC(=O)c1cccc(C(=O)Nc2cccc(Cl)c2)n1. The van der Waals surface area contributed by atoms with Gasteiger partial charge in [0.1, 0.15) is 11.4 Å². The van der Waals surface area contributed by atoms with Crippen molar-refractivity contribution in [2.45, 2.75) is 20.3 Å². The number of anilines is 1. The first-order valence-corrected chi connectivity index (χ1v) is 8.15. The zero-order chi connectivity index (χ0) is 17.5. The molecule has 2 aromatic rings. The normalized spacial score (nSPS) is 10.5. The van der Waals surface area contributed by atoms with Crippen LogP contribution < -0.4 is 10.6 Å². The minimum atomic E-state index is -0.394. The van der Waals surface area contributed by atoms with Crippen molar-refractivity contribution in [2.75, 3.05) is 11.9 Å². The quantitative estimate of drug-likeness (QED) is 0.837. The highest BCUT2D eigenvalue weighted by Gasteiger charge is 2.12. The number of aromatic nitrogens is 1. The zero-order valence-corrected chi connectivity index (χ0v) is 14.4. The minimum Gasteiger partial charge on any atom is -0.351 e. The highest BCUT2D eigenvalue weighted by atomic mass is 35.5. The number of nitrogens with one attached hydrogen (secondary N) is 2. The summed E-state index contributed by atoms with van der Waals surface area (Å²) in [5, 5.41) is 6.04. The fraction of sp³-hybridized carbons (Fsp3) is 0.278. The van der Waals surface area contributed by atoms with E-state index < -0.39 is 5.91 Å². The molecule has 6 heteroatoms. The van der Waals surface area contributed by atoms with E-state index in [1.54, 1.807) is 42.5 Å². The van der Waals surface area contributed by atoms with Crippen molar-refractivity contribution in [1.29, 1.82) is 0 Å². The molecule has 0 spiro atoms. The van der Waals surface area contributed by atoms with Crippen molar-refractivity contribution in [3.8, 4) is 0 Å². The summed E-state index contributed by atoms with van der Waals surface area (Å²) in [6.07, 6.45) is 0.890. The monoisotopic (exact) mass is 345 g/mol. The number of rotatable bonds is 6. The van der Waals surface area contributed by atoms with Crippen LogP contribution in [-0.4, -0.2) is 23.3 Å². The van der Waals surface area contributed by atoms with Crippen LogP contribution in [0.3, 0.4) is 0 Å². The van der Waals surface area contributed by atoms with Crippen molar-refractivity contribution < 1.29 is 9.59 Å². The first-order chi connectivity index (χ1) is 11.5. The van der Waals surface area contributed by atoms with E-state index in [0.29, 0.717) is 23.2 Å². The highest BCUT2D eigenvalue weighted by Crippen LogP contribution is 2.15. The van der Waals surface area contributed by atoms with E-state index in [1.165, 1.54) is 0 Å². The van der Waals surface area contributed by atoms with Gasteiger partial charge in [-0.05, 0) is 42.7 Å². The van der Waals surface area contributed by atoms with Gasteiger partial charge in [-0.25, -0.2) is 4.98 Å². The Balaban J connectivity index is 2.03. The first kappa shape index (κ1) is 17.9. The van der Waals surface area contributed by atoms with Gasteiger partial charge in [-0.2, -0.15) is 0 Å². The lowest BCUT2D eigenvalue weighted by Gasteiger charge is -2.08. The largest absolute Gasteiger partial charge is 0.351 e. The van der Waals surface area contributed by atoms with Crippen LogP contribution in [0.5, 0.6) is 0 Å². The summed E-state index contributed by atoms with van der Waals surface area (Å²) in [6, 6.07) is 11.6. The van der Waals surface area contributed by atoms with Crippen LogP contribution in [0.4, 0.5) is 5.69 Å². The second-order valence-electron chi connectivity index (χ2n) is 5.81. The fourth-order valence-electron chi connectivity index (χ4n) is 2.01. The van der Waals surface area contributed by atoms with Gasteiger partial charge in [0.25, 0.3) is 11.8 Å². The zero-order valence-electron chi connectivity index (χ0n) is 13.7. The number of nitrogens with zero attached hydrogens (tertiary/aromatic N) is 1. The predicted octanol–water partition coefficient (Wildman–Crippen LogP) is 3.76. The number of hydrogen-bond acceptors (Lipinski definition) is 3. The Morgan fingerprint density at radius 3 is 2.42 bits per heavy atom. The van der Waals surface area contributed by atoms with Gasteiger partial charge in [-0.1, -0.05) is 37.6 Å². The molecular formula is C18H20ClN3O2. The van der Waals surface area contributed by atoms with E-state index >= 15 is 0 Å². The van der Waals surface area contributed by atoms with E-state index in [-0.39, 0.29) is 17.3 Å². The molecule has 2 rings (SSSR count). The van der Waals surface area contributed by atoms with Gasteiger partial charge in [0.05, 0.1) is 0 Å². The molecule has 2 amide bonds. The summed E-state index contributed by atoms with van der Waals surface area (Å²) in [4.78, 5) is 28.5. The van der Waals surface area contributed by atoms with Gasteiger partial charge >= 0.3 is 0 Å². The Morgan fingerprint density at radius 1 is 1.08 bits per heavy atom. The maximum atomic E-state index is 12.3. The molecule has 0 aliphatic heterocycles. The third kappa shape index (κ3) is 5.35. The predicted molar refractivity (Wildman–Crippen MR) is 95.4 cm³/mol. The number of benzene rings is 1. The first-order valence-electron chi connectivity index (χ1n) is 7.78. The molecule has 0 bridgehead atoms. The average Bonchev–Trinajstić information content (AvgIpc) is 2.54. The summed E-state index contributed by atoms with van der Waals surface area (Å²) >= 11 is 5.89. The van der Waals surface area contributed by atoms with Crippen molar-refractivity contribution in [1.82, 2.24) is 10.3 Å². The summed E-state index contributed by atoms with van der Waals surface area (Å²) in [5.74, 6) is -0.171. The number of carbonyl (C=O) groups is 2. The van der Waals surface area contributed by atoms with Crippen molar-refractivity contribution >= 4 is 29.1 Å². The minimum absolute atomic E-state index is 0.173. The molecule has 0 atom stereocenters. The van der Waals surface area contributed by atoms with Crippen LogP contribution in [0, 0.1) is 5.92 Å². The molecule has 126 valence electrons. The summed E-state index contributed by atoms with van der Waals surface area (Å²) in [7, 11) is 0. The van der Waals surface area contributed by atoms with Crippen LogP contribution in [0.15, 0.2) is 42.5 Å². The molecule has 1 heterocycles.